The maximum absolute atomic E-state index is 3.75. The Bertz CT molecular complexity index is 269. The highest BCUT2D eigenvalue weighted by atomic mass is 79.9. The van der Waals surface area contributed by atoms with Crippen LogP contribution in [0.2, 0.25) is 0 Å². The molecule has 1 aromatic carbocycles. The lowest BCUT2D eigenvalue weighted by atomic mass is 10.1. The molecule has 1 rings (SSSR count). The molecular formula is C11H13Br. The van der Waals surface area contributed by atoms with Gasteiger partial charge in [0.1, 0.15) is 0 Å². The first kappa shape index (κ1) is 9.53. The molecule has 0 radical (unpaired) electrons. The first-order chi connectivity index (χ1) is 5.63. The van der Waals surface area contributed by atoms with Gasteiger partial charge in [-0.05, 0) is 19.4 Å². The van der Waals surface area contributed by atoms with Crippen LogP contribution in [0.1, 0.15) is 21.5 Å². The van der Waals surface area contributed by atoms with E-state index in [1.54, 1.807) is 0 Å². The van der Waals surface area contributed by atoms with E-state index < -0.39 is 0 Å². The second kappa shape index (κ2) is 3.90. The highest BCUT2D eigenvalue weighted by Gasteiger charge is 2.02. The predicted octanol–water partition coefficient (Wildman–Crippen LogP) is 3.93. The van der Waals surface area contributed by atoms with Crippen LogP contribution in [0.3, 0.4) is 0 Å². The van der Waals surface area contributed by atoms with Gasteiger partial charge in [0.2, 0.25) is 0 Å². The summed E-state index contributed by atoms with van der Waals surface area (Å²) in [6.07, 6.45) is 1.90. The fraction of sp³-hybridized carbons (Fsp3) is 0.273. The molecule has 1 heteroatoms. The number of hydrogen-bond donors (Lipinski definition) is 0. The van der Waals surface area contributed by atoms with Crippen molar-refractivity contribution in [2.24, 2.45) is 0 Å². The normalized spacial score (nSPS) is 12.6. The predicted molar refractivity (Wildman–Crippen MR) is 57.8 cm³/mol. The van der Waals surface area contributed by atoms with Gasteiger partial charge >= 0.3 is 0 Å². The van der Waals surface area contributed by atoms with E-state index in [1.165, 1.54) is 16.7 Å². The van der Waals surface area contributed by atoms with Gasteiger partial charge in [-0.25, -0.2) is 0 Å². The lowest BCUT2D eigenvalue weighted by molar-refractivity contribution is 1.22. The molecule has 1 atom stereocenters. The van der Waals surface area contributed by atoms with Gasteiger partial charge in [0.15, 0.2) is 0 Å². The van der Waals surface area contributed by atoms with Crippen molar-refractivity contribution in [1.29, 1.82) is 0 Å². The summed E-state index contributed by atoms with van der Waals surface area (Å²) < 4.78 is 0. The Morgan fingerprint density at radius 1 is 1.25 bits per heavy atom. The molecule has 0 spiro atoms. The monoisotopic (exact) mass is 224 g/mol. The molecule has 0 N–H and O–H groups in total. The Balaban J connectivity index is 3.08. The van der Waals surface area contributed by atoms with E-state index in [4.69, 9.17) is 0 Å². The van der Waals surface area contributed by atoms with Crippen molar-refractivity contribution in [2.45, 2.75) is 18.7 Å². The Morgan fingerprint density at radius 3 is 2.17 bits per heavy atom. The van der Waals surface area contributed by atoms with E-state index in [-0.39, 0.29) is 4.83 Å². The molecule has 0 fully saturated rings. The zero-order chi connectivity index (χ0) is 9.14. The third-order valence-electron chi connectivity index (χ3n) is 1.77. The van der Waals surface area contributed by atoms with Gasteiger partial charge < -0.3 is 0 Å². The Labute approximate surface area is 82.4 Å². The van der Waals surface area contributed by atoms with Crippen molar-refractivity contribution < 1.29 is 0 Å². The van der Waals surface area contributed by atoms with Gasteiger partial charge in [0, 0.05) is 0 Å². The molecule has 0 saturated carbocycles. The molecular weight excluding hydrogens is 212 g/mol. The standard InChI is InChI=1S/C11H13Br/c1-4-11(12)10-6-8(2)5-9(3)7-10/h4-7,11H,1H2,2-3H3. The molecule has 0 amide bonds. The van der Waals surface area contributed by atoms with Crippen LogP contribution in [0.4, 0.5) is 0 Å². The maximum atomic E-state index is 3.75. The molecule has 0 aromatic heterocycles. The Kier molecular flexibility index (Phi) is 3.10. The summed E-state index contributed by atoms with van der Waals surface area (Å²) in [7, 11) is 0. The van der Waals surface area contributed by atoms with Crippen LogP contribution in [-0.2, 0) is 0 Å². The summed E-state index contributed by atoms with van der Waals surface area (Å²) in [6.45, 7) is 7.97. The summed E-state index contributed by atoms with van der Waals surface area (Å²) in [4.78, 5) is 0.274. The minimum absolute atomic E-state index is 0.274. The van der Waals surface area contributed by atoms with Crippen molar-refractivity contribution >= 4 is 15.9 Å². The zero-order valence-electron chi connectivity index (χ0n) is 7.47. The number of alkyl halides is 1. The van der Waals surface area contributed by atoms with Crippen molar-refractivity contribution in [3.8, 4) is 0 Å². The average Bonchev–Trinajstić information content (AvgIpc) is 2.01. The van der Waals surface area contributed by atoms with E-state index in [2.05, 4.69) is 54.6 Å². The molecule has 0 aliphatic rings. The van der Waals surface area contributed by atoms with Crippen LogP contribution in [0, 0.1) is 13.8 Å². The number of halogens is 1. The molecule has 0 nitrogen and oxygen atoms in total. The number of rotatable bonds is 2. The molecule has 0 bridgehead atoms. The number of benzene rings is 1. The van der Waals surface area contributed by atoms with Crippen LogP contribution in [0.25, 0.3) is 0 Å². The van der Waals surface area contributed by atoms with E-state index in [0.29, 0.717) is 0 Å². The van der Waals surface area contributed by atoms with E-state index in [1.807, 2.05) is 6.08 Å². The van der Waals surface area contributed by atoms with Crippen LogP contribution in [0.15, 0.2) is 30.9 Å². The molecule has 1 unspecified atom stereocenters. The lowest BCUT2D eigenvalue weighted by Gasteiger charge is -2.06. The summed E-state index contributed by atoms with van der Waals surface area (Å²) in [5.74, 6) is 0. The SMILES string of the molecule is C=CC(Br)c1cc(C)cc(C)c1. The summed E-state index contributed by atoms with van der Waals surface area (Å²) in [6, 6.07) is 6.52. The van der Waals surface area contributed by atoms with E-state index in [9.17, 15) is 0 Å². The van der Waals surface area contributed by atoms with Gasteiger partial charge in [0.05, 0.1) is 4.83 Å². The van der Waals surface area contributed by atoms with Crippen LogP contribution >= 0.6 is 15.9 Å². The second-order valence-electron chi connectivity index (χ2n) is 3.06. The highest BCUT2D eigenvalue weighted by molar-refractivity contribution is 9.09. The van der Waals surface area contributed by atoms with Crippen molar-refractivity contribution in [3.63, 3.8) is 0 Å². The first-order valence-electron chi connectivity index (χ1n) is 3.98. The van der Waals surface area contributed by atoms with Crippen LogP contribution in [0.5, 0.6) is 0 Å². The minimum atomic E-state index is 0.274. The molecule has 64 valence electrons. The summed E-state index contributed by atoms with van der Waals surface area (Å²) in [5, 5.41) is 0. The van der Waals surface area contributed by atoms with Crippen molar-refractivity contribution in [2.75, 3.05) is 0 Å². The minimum Gasteiger partial charge on any atom is -0.102 e. The summed E-state index contributed by atoms with van der Waals surface area (Å²) in [5.41, 5.74) is 3.88. The second-order valence-corrected chi connectivity index (χ2v) is 4.05. The molecule has 0 saturated heterocycles. The number of allylic oxidation sites excluding steroid dienone is 1. The number of hydrogen-bond acceptors (Lipinski definition) is 0. The van der Waals surface area contributed by atoms with Crippen molar-refractivity contribution in [3.05, 3.63) is 47.5 Å². The fourth-order valence-corrected chi connectivity index (χ4v) is 1.57. The number of aryl methyl sites for hydroxylation is 2. The largest absolute Gasteiger partial charge is 0.102 e. The first-order valence-corrected chi connectivity index (χ1v) is 4.90. The molecule has 12 heavy (non-hydrogen) atoms. The highest BCUT2D eigenvalue weighted by Crippen LogP contribution is 2.25. The van der Waals surface area contributed by atoms with Crippen LogP contribution in [-0.4, -0.2) is 0 Å². The Hall–Kier alpha value is -0.560. The van der Waals surface area contributed by atoms with Gasteiger partial charge in [-0.3, -0.25) is 0 Å². The van der Waals surface area contributed by atoms with Gasteiger partial charge in [0.25, 0.3) is 0 Å². The third-order valence-corrected chi connectivity index (χ3v) is 2.67. The molecule has 0 heterocycles. The average molecular weight is 225 g/mol. The molecule has 0 aliphatic carbocycles. The lowest BCUT2D eigenvalue weighted by Crippen LogP contribution is -1.87. The smallest absolute Gasteiger partial charge is 0.0572 e. The fourth-order valence-electron chi connectivity index (χ4n) is 1.31. The van der Waals surface area contributed by atoms with E-state index >= 15 is 0 Å². The van der Waals surface area contributed by atoms with E-state index in [0.717, 1.165) is 0 Å². The molecule has 1 aromatic rings. The van der Waals surface area contributed by atoms with Crippen molar-refractivity contribution in [1.82, 2.24) is 0 Å². The summed E-state index contributed by atoms with van der Waals surface area (Å²) >= 11 is 3.54. The zero-order valence-corrected chi connectivity index (χ0v) is 9.06. The van der Waals surface area contributed by atoms with Gasteiger partial charge in [-0.1, -0.05) is 51.3 Å². The Morgan fingerprint density at radius 2 is 1.75 bits per heavy atom. The maximum Gasteiger partial charge on any atom is 0.0572 e. The van der Waals surface area contributed by atoms with Crippen LogP contribution < -0.4 is 0 Å². The quantitative estimate of drug-likeness (QED) is 0.528. The topological polar surface area (TPSA) is 0 Å². The van der Waals surface area contributed by atoms with Gasteiger partial charge in [-0.15, -0.1) is 6.58 Å². The molecule has 0 aliphatic heterocycles. The van der Waals surface area contributed by atoms with Gasteiger partial charge in [-0.2, -0.15) is 0 Å². The third kappa shape index (κ3) is 2.21.